The Bertz CT molecular complexity index is 715. The molecule has 0 bridgehead atoms. The molecule has 0 saturated heterocycles. The first-order valence-electron chi connectivity index (χ1n) is 5.70. The molecule has 1 aromatic carbocycles. The van der Waals surface area contributed by atoms with E-state index in [1.807, 2.05) is 0 Å². The van der Waals surface area contributed by atoms with Gasteiger partial charge in [-0.2, -0.15) is 0 Å². The Morgan fingerprint density at radius 1 is 1.16 bits per heavy atom. The molecule has 0 amide bonds. The second kappa shape index (κ2) is 4.92. The number of benzene rings is 1. The van der Waals surface area contributed by atoms with Gasteiger partial charge in [-0.1, -0.05) is 30.7 Å². The Hall–Kier alpha value is -0.850. The largest absolute Gasteiger partial charge is 0.224 e. The number of rotatable bonds is 2. The van der Waals surface area contributed by atoms with Crippen LogP contribution in [0.4, 0.5) is 0 Å². The lowest BCUT2D eigenvalue weighted by Gasteiger charge is -2.21. The van der Waals surface area contributed by atoms with Crippen LogP contribution < -0.4 is 0 Å². The van der Waals surface area contributed by atoms with Crippen molar-refractivity contribution >= 4 is 36.2 Å². The van der Waals surface area contributed by atoms with E-state index in [1.165, 1.54) is 24.3 Å². The molecular weight excluding hydrogens is 308 g/mol. The van der Waals surface area contributed by atoms with Gasteiger partial charge in [0.05, 0.1) is 21.3 Å². The second-order valence-electron chi connectivity index (χ2n) is 4.39. The first kappa shape index (κ1) is 14.6. The molecule has 1 aliphatic heterocycles. The minimum Gasteiger partial charge on any atom is -0.224 e. The Kier molecular flexibility index (Phi) is 3.77. The fourth-order valence-corrected chi connectivity index (χ4v) is 6.86. The highest BCUT2D eigenvalue weighted by Crippen LogP contribution is 2.31. The van der Waals surface area contributed by atoms with Crippen molar-refractivity contribution in [1.29, 1.82) is 0 Å². The van der Waals surface area contributed by atoms with Crippen LogP contribution >= 0.6 is 11.6 Å². The minimum absolute atomic E-state index is 0.145. The molecule has 1 aliphatic rings. The summed E-state index contributed by atoms with van der Waals surface area (Å²) in [5.41, 5.74) is 0.350. The molecule has 4 nitrogen and oxygen atoms in total. The van der Waals surface area contributed by atoms with Crippen molar-refractivity contribution in [2.75, 3.05) is 5.75 Å². The summed E-state index contributed by atoms with van der Waals surface area (Å²) in [5, 5.41) is 0.490. The first-order chi connectivity index (χ1) is 8.76. The molecule has 0 saturated carbocycles. The SMILES string of the molecule is CCC1CS(=O)(=O)C(c2ccc(Cl)cc2)=CS1(=O)=O. The molecular formula is C12H13ClO4S2. The van der Waals surface area contributed by atoms with Crippen molar-refractivity contribution in [3.8, 4) is 0 Å². The number of hydrogen-bond donors (Lipinski definition) is 0. The van der Waals surface area contributed by atoms with Crippen LogP contribution in [0.3, 0.4) is 0 Å². The van der Waals surface area contributed by atoms with Gasteiger partial charge in [-0.15, -0.1) is 0 Å². The summed E-state index contributed by atoms with van der Waals surface area (Å²) >= 11 is 5.74. The first-order valence-corrected chi connectivity index (χ1v) is 9.34. The third-order valence-corrected chi connectivity index (χ3v) is 7.53. The van der Waals surface area contributed by atoms with Crippen molar-refractivity contribution in [2.45, 2.75) is 18.6 Å². The van der Waals surface area contributed by atoms with Crippen molar-refractivity contribution in [2.24, 2.45) is 0 Å². The van der Waals surface area contributed by atoms with Crippen molar-refractivity contribution < 1.29 is 16.8 Å². The minimum atomic E-state index is -3.58. The smallest absolute Gasteiger partial charge is 0.180 e. The Morgan fingerprint density at radius 2 is 1.74 bits per heavy atom. The molecule has 1 heterocycles. The molecule has 0 N–H and O–H groups in total. The van der Waals surface area contributed by atoms with E-state index in [1.54, 1.807) is 6.92 Å². The zero-order chi connectivity index (χ0) is 14.3. The monoisotopic (exact) mass is 320 g/mol. The quantitative estimate of drug-likeness (QED) is 0.838. The summed E-state index contributed by atoms with van der Waals surface area (Å²) in [4.78, 5) is -0.145. The van der Waals surface area contributed by atoms with Gasteiger partial charge in [0.1, 0.15) is 0 Å². The highest BCUT2D eigenvalue weighted by Gasteiger charge is 2.37. The Morgan fingerprint density at radius 3 is 2.26 bits per heavy atom. The maximum Gasteiger partial charge on any atom is 0.180 e. The molecule has 1 aromatic rings. The average molecular weight is 321 g/mol. The van der Waals surface area contributed by atoms with E-state index in [0.717, 1.165) is 5.41 Å². The summed E-state index contributed by atoms with van der Waals surface area (Å²) in [5.74, 6) is -0.361. The number of halogens is 1. The predicted molar refractivity (Wildman–Crippen MR) is 76.2 cm³/mol. The van der Waals surface area contributed by atoms with Crippen LogP contribution in [0.25, 0.3) is 4.91 Å². The number of sulfone groups is 2. The summed E-state index contributed by atoms with van der Waals surface area (Å²) < 4.78 is 48.3. The van der Waals surface area contributed by atoms with Crippen molar-refractivity contribution in [1.82, 2.24) is 0 Å². The molecule has 19 heavy (non-hydrogen) atoms. The van der Waals surface area contributed by atoms with Gasteiger partial charge in [0.25, 0.3) is 0 Å². The fraction of sp³-hybridized carbons (Fsp3) is 0.333. The molecule has 2 rings (SSSR count). The topological polar surface area (TPSA) is 68.3 Å². The molecule has 7 heteroatoms. The molecule has 0 radical (unpaired) electrons. The summed E-state index contributed by atoms with van der Waals surface area (Å²) in [7, 11) is -7.11. The summed E-state index contributed by atoms with van der Waals surface area (Å²) in [6.45, 7) is 1.67. The third kappa shape index (κ3) is 2.85. The fourth-order valence-electron chi connectivity index (χ4n) is 1.96. The molecule has 0 spiro atoms. The zero-order valence-electron chi connectivity index (χ0n) is 10.2. The van der Waals surface area contributed by atoms with Crippen molar-refractivity contribution in [3.05, 3.63) is 40.3 Å². The lowest BCUT2D eigenvalue weighted by Crippen LogP contribution is -2.32. The van der Waals surface area contributed by atoms with Gasteiger partial charge in [-0.05, 0) is 24.1 Å². The average Bonchev–Trinajstić information content (AvgIpc) is 2.33. The van der Waals surface area contributed by atoms with E-state index in [4.69, 9.17) is 11.6 Å². The van der Waals surface area contributed by atoms with Crippen LogP contribution in [-0.4, -0.2) is 27.8 Å². The van der Waals surface area contributed by atoms with Gasteiger partial charge < -0.3 is 0 Å². The van der Waals surface area contributed by atoms with Crippen LogP contribution in [0.2, 0.25) is 5.02 Å². The van der Waals surface area contributed by atoms with Gasteiger partial charge in [0.15, 0.2) is 19.7 Å². The Balaban J connectivity index is 2.61. The predicted octanol–water partition coefficient (Wildman–Crippen LogP) is 2.26. The van der Waals surface area contributed by atoms with E-state index in [0.29, 0.717) is 10.6 Å². The van der Waals surface area contributed by atoms with Gasteiger partial charge in [-0.25, -0.2) is 16.8 Å². The lowest BCUT2D eigenvalue weighted by molar-refractivity contribution is 0.578. The van der Waals surface area contributed by atoms with Gasteiger partial charge in [0, 0.05) is 5.02 Å². The molecule has 1 unspecified atom stereocenters. The third-order valence-electron chi connectivity index (χ3n) is 3.06. The summed E-state index contributed by atoms with van der Waals surface area (Å²) in [6, 6.07) is 6.08. The second-order valence-corrected chi connectivity index (χ2v) is 8.91. The molecule has 0 fully saturated rings. The van der Waals surface area contributed by atoms with Crippen LogP contribution in [-0.2, 0) is 19.7 Å². The standard InChI is InChI=1S/C12H13ClO4S2/c1-2-11-7-19(16,17)12(8-18(11,14)15)9-3-5-10(13)6-4-9/h3-6,8,11H,2,7H2,1H3. The Labute approximate surface area is 117 Å². The number of hydrogen-bond acceptors (Lipinski definition) is 4. The van der Waals surface area contributed by atoms with Crippen LogP contribution in [0.1, 0.15) is 18.9 Å². The van der Waals surface area contributed by atoms with E-state index in [9.17, 15) is 16.8 Å². The van der Waals surface area contributed by atoms with Gasteiger partial charge in [0.2, 0.25) is 0 Å². The van der Waals surface area contributed by atoms with Gasteiger partial charge >= 0.3 is 0 Å². The lowest BCUT2D eigenvalue weighted by atomic mass is 10.2. The maximum absolute atomic E-state index is 12.2. The highest BCUT2D eigenvalue weighted by molar-refractivity contribution is 8.05. The van der Waals surface area contributed by atoms with Crippen LogP contribution in [0.5, 0.6) is 0 Å². The van der Waals surface area contributed by atoms with E-state index < -0.39 is 24.9 Å². The normalized spacial score (nSPS) is 24.7. The van der Waals surface area contributed by atoms with Crippen LogP contribution in [0, 0.1) is 0 Å². The summed E-state index contributed by atoms with van der Waals surface area (Å²) in [6.07, 6.45) is 0.284. The van der Waals surface area contributed by atoms with Gasteiger partial charge in [-0.3, -0.25) is 0 Å². The van der Waals surface area contributed by atoms with Crippen LogP contribution in [0.15, 0.2) is 29.7 Å². The molecule has 0 aliphatic carbocycles. The van der Waals surface area contributed by atoms with E-state index in [2.05, 4.69) is 0 Å². The maximum atomic E-state index is 12.2. The van der Waals surface area contributed by atoms with Crippen molar-refractivity contribution in [3.63, 3.8) is 0 Å². The molecule has 104 valence electrons. The molecule has 0 aromatic heterocycles. The zero-order valence-corrected chi connectivity index (χ0v) is 12.6. The molecule has 1 atom stereocenters. The van der Waals surface area contributed by atoms with E-state index in [-0.39, 0.29) is 17.1 Å². The van der Waals surface area contributed by atoms with E-state index >= 15 is 0 Å². The highest BCUT2D eigenvalue weighted by atomic mass is 35.5.